The lowest BCUT2D eigenvalue weighted by molar-refractivity contribution is 0.104. The Labute approximate surface area is 161 Å². The summed E-state index contributed by atoms with van der Waals surface area (Å²) in [6.07, 6.45) is 1.66. The summed E-state index contributed by atoms with van der Waals surface area (Å²) in [4.78, 5) is 13.4. The summed E-state index contributed by atoms with van der Waals surface area (Å²) in [6, 6.07) is 21.6. The minimum Gasteiger partial charge on any atom is -0.343 e. The van der Waals surface area contributed by atoms with E-state index in [9.17, 15) is 10.1 Å². The average Bonchev–Trinajstić information content (AvgIpc) is 3.33. The van der Waals surface area contributed by atoms with Gasteiger partial charge in [0.15, 0.2) is 0 Å². The number of benzene rings is 2. The number of nitriles is 1. The molecular formula is C23H16N2OS. The first kappa shape index (κ1) is 17.0. The fourth-order valence-electron chi connectivity index (χ4n) is 3.36. The molecule has 3 nitrogen and oxygen atoms in total. The van der Waals surface area contributed by atoms with Crippen LogP contribution in [0.2, 0.25) is 0 Å². The minimum atomic E-state index is -0.251. The lowest BCUT2D eigenvalue weighted by Gasteiger charge is -2.07. The number of carbonyl (C=O) groups is 1. The van der Waals surface area contributed by atoms with E-state index in [1.54, 1.807) is 6.08 Å². The summed E-state index contributed by atoms with van der Waals surface area (Å²) in [6.45, 7) is 0. The normalized spacial score (nSPS) is 11.5. The fourth-order valence-corrected chi connectivity index (χ4v) is 3.98. The molecule has 2 aromatic heterocycles. The van der Waals surface area contributed by atoms with Crippen LogP contribution in [0.25, 0.3) is 28.2 Å². The van der Waals surface area contributed by atoms with Crippen molar-refractivity contribution in [1.29, 1.82) is 5.26 Å². The van der Waals surface area contributed by atoms with E-state index in [1.165, 1.54) is 11.3 Å². The zero-order valence-corrected chi connectivity index (χ0v) is 15.5. The third-order valence-electron chi connectivity index (χ3n) is 4.60. The largest absolute Gasteiger partial charge is 0.343 e. The van der Waals surface area contributed by atoms with Crippen molar-refractivity contribution in [3.8, 4) is 17.3 Å². The molecule has 0 fully saturated rings. The van der Waals surface area contributed by atoms with E-state index < -0.39 is 0 Å². The number of allylic oxidation sites excluding steroid dienone is 1. The number of hydrogen-bond acceptors (Lipinski definition) is 3. The number of hydrogen-bond donors (Lipinski definition) is 0. The lowest BCUT2D eigenvalue weighted by Crippen LogP contribution is -2.04. The Kier molecular flexibility index (Phi) is 4.45. The molecular weight excluding hydrogens is 352 g/mol. The zero-order valence-electron chi connectivity index (χ0n) is 14.7. The van der Waals surface area contributed by atoms with Crippen LogP contribution in [-0.4, -0.2) is 10.4 Å². The standard InChI is InChI=1S/C23H16N2OS/c1-25-20-10-6-5-9-19(20)21(22(25)17-7-3-2-4-8-17)23(26)18(14-24)13-16-11-12-27-15-16/h2-13,15H,1H3/b18-13+. The number of aryl methyl sites for hydroxylation is 1. The molecule has 0 saturated heterocycles. The summed E-state index contributed by atoms with van der Waals surface area (Å²) >= 11 is 1.54. The second kappa shape index (κ2) is 7.06. The van der Waals surface area contributed by atoms with Crippen molar-refractivity contribution in [1.82, 2.24) is 4.57 Å². The van der Waals surface area contributed by atoms with E-state index >= 15 is 0 Å². The first-order chi connectivity index (χ1) is 13.2. The Bertz CT molecular complexity index is 1190. The van der Waals surface area contributed by atoms with E-state index in [4.69, 9.17) is 0 Å². The summed E-state index contributed by atoms with van der Waals surface area (Å²) in [5.74, 6) is -0.251. The molecule has 2 aromatic carbocycles. The predicted octanol–water partition coefficient (Wildman–Crippen LogP) is 5.70. The van der Waals surface area contributed by atoms with Crippen molar-refractivity contribution in [2.75, 3.05) is 0 Å². The molecule has 0 amide bonds. The van der Waals surface area contributed by atoms with Gasteiger partial charge in [-0.25, -0.2) is 0 Å². The number of rotatable bonds is 4. The van der Waals surface area contributed by atoms with E-state index in [1.807, 2.05) is 83.0 Å². The van der Waals surface area contributed by atoms with Crippen molar-refractivity contribution in [3.63, 3.8) is 0 Å². The first-order valence-corrected chi connectivity index (χ1v) is 9.46. The van der Waals surface area contributed by atoms with Crippen molar-refractivity contribution in [2.24, 2.45) is 7.05 Å². The van der Waals surface area contributed by atoms with Gasteiger partial charge >= 0.3 is 0 Å². The third-order valence-corrected chi connectivity index (χ3v) is 5.30. The SMILES string of the molecule is Cn1c(-c2ccccc2)c(C(=O)/C(C#N)=C/c2ccsc2)c2ccccc21. The third kappa shape index (κ3) is 2.99. The Morgan fingerprint density at radius 2 is 1.81 bits per heavy atom. The molecule has 27 heavy (non-hydrogen) atoms. The molecule has 4 rings (SSSR count). The Morgan fingerprint density at radius 1 is 1.07 bits per heavy atom. The van der Waals surface area contributed by atoms with Crippen molar-refractivity contribution < 1.29 is 4.79 Å². The summed E-state index contributed by atoms with van der Waals surface area (Å²) in [7, 11) is 1.95. The van der Waals surface area contributed by atoms with Crippen LogP contribution in [0, 0.1) is 11.3 Å². The van der Waals surface area contributed by atoms with E-state index in [-0.39, 0.29) is 11.4 Å². The van der Waals surface area contributed by atoms with E-state index in [0.717, 1.165) is 27.7 Å². The van der Waals surface area contributed by atoms with Crippen LogP contribution in [0.3, 0.4) is 0 Å². The number of Topliss-reactive ketones (excluding diaryl/α,β-unsaturated/α-hetero) is 1. The smallest absolute Gasteiger partial charge is 0.206 e. The van der Waals surface area contributed by atoms with Gasteiger partial charge in [-0.15, -0.1) is 0 Å². The number of thiophene rings is 1. The van der Waals surface area contributed by atoms with Crippen molar-refractivity contribution >= 4 is 34.1 Å². The van der Waals surface area contributed by atoms with Gasteiger partial charge in [0.05, 0.1) is 11.3 Å². The maximum Gasteiger partial charge on any atom is 0.206 e. The second-order valence-electron chi connectivity index (χ2n) is 6.22. The highest BCUT2D eigenvalue weighted by Crippen LogP contribution is 2.34. The molecule has 0 bridgehead atoms. The van der Waals surface area contributed by atoms with Crippen LogP contribution >= 0.6 is 11.3 Å². The molecule has 4 aromatic rings. The minimum absolute atomic E-state index is 0.141. The van der Waals surface area contributed by atoms with Gasteiger partial charge in [0.2, 0.25) is 5.78 Å². The maximum absolute atomic E-state index is 13.4. The van der Waals surface area contributed by atoms with Crippen LogP contribution in [0.5, 0.6) is 0 Å². The molecule has 130 valence electrons. The van der Waals surface area contributed by atoms with Crippen molar-refractivity contribution in [2.45, 2.75) is 0 Å². The van der Waals surface area contributed by atoms with Crippen LogP contribution < -0.4 is 0 Å². The fraction of sp³-hybridized carbons (Fsp3) is 0.0435. The van der Waals surface area contributed by atoms with Gasteiger partial charge in [-0.05, 0) is 40.1 Å². The van der Waals surface area contributed by atoms with Gasteiger partial charge in [-0.1, -0.05) is 48.5 Å². The Hall–Kier alpha value is -3.42. The number of nitrogens with zero attached hydrogens (tertiary/aromatic N) is 2. The molecule has 0 saturated carbocycles. The summed E-state index contributed by atoms with van der Waals surface area (Å²) < 4.78 is 2.03. The molecule has 0 aliphatic rings. The predicted molar refractivity (Wildman–Crippen MR) is 111 cm³/mol. The van der Waals surface area contributed by atoms with Gasteiger partial charge in [0.1, 0.15) is 11.6 Å². The average molecular weight is 368 g/mol. The molecule has 0 radical (unpaired) electrons. The van der Waals surface area contributed by atoms with E-state index in [2.05, 4.69) is 6.07 Å². The quantitative estimate of drug-likeness (QED) is 0.264. The number of para-hydroxylation sites is 1. The van der Waals surface area contributed by atoms with Crippen molar-refractivity contribution in [3.05, 3.63) is 88.1 Å². The number of ketones is 1. The highest BCUT2D eigenvalue weighted by atomic mass is 32.1. The summed E-state index contributed by atoms with van der Waals surface area (Å²) in [5, 5.41) is 14.4. The monoisotopic (exact) mass is 368 g/mol. The van der Waals surface area contributed by atoms with Gasteiger partial charge in [0.25, 0.3) is 0 Å². The molecule has 0 unspecified atom stereocenters. The molecule has 0 aliphatic carbocycles. The summed E-state index contributed by atoms with van der Waals surface area (Å²) in [5.41, 5.74) is 4.32. The Morgan fingerprint density at radius 3 is 2.52 bits per heavy atom. The Balaban J connectivity index is 1.98. The molecule has 0 N–H and O–H groups in total. The molecule has 2 heterocycles. The number of fused-ring (bicyclic) bond motifs is 1. The zero-order chi connectivity index (χ0) is 18.8. The highest BCUT2D eigenvalue weighted by molar-refractivity contribution is 7.08. The molecule has 4 heteroatoms. The van der Waals surface area contributed by atoms with Gasteiger partial charge < -0.3 is 4.57 Å². The molecule has 0 spiro atoms. The van der Waals surface area contributed by atoms with Gasteiger partial charge in [-0.3, -0.25) is 4.79 Å². The van der Waals surface area contributed by atoms with Crippen LogP contribution in [0.1, 0.15) is 15.9 Å². The topological polar surface area (TPSA) is 45.8 Å². The second-order valence-corrected chi connectivity index (χ2v) is 7.00. The first-order valence-electron chi connectivity index (χ1n) is 8.52. The van der Waals surface area contributed by atoms with Crippen LogP contribution in [0.15, 0.2) is 77.0 Å². The van der Waals surface area contributed by atoms with Gasteiger partial charge in [-0.2, -0.15) is 16.6 Å². The lowest BCUT2D eigenvalue weighted by atomic mass is 9.97. The van der Waals surface area contributed by atoms with Crippen LogP contribution in [0.4, 0.5) is 0 Å². The number of aromatic nitrogens is 1. The molecule has 0 atom stereocenters. The number of carbonyl (C=O) groups excluding carboxylic acids is 1. The van der Waals surface area contributed by atoms with Gasteiger partial charge in [0, 0.05) is 18.0 Å². The van der Waals surface area contributed by atoms with Crippen LogP contribution in [-0.2, 0) is 7.05 Å². The van der Waals surface area contributed by atoms with E-state index in [0.29, 0.717) is 5.56 Å². The molecule has 0 aliphatic heterocycles. The maximum atomic E-state index is 13.4. The highest BCUT2D eigenvalue weighted by Gasteiger charge is 2.24.